The first-order chi connectivity index (χ1) is 7.69. The normalized spacial score (nSPS) is 34.2. The quantitative estimate of drug-likeness (QED) is 0.737. The van der Waals surface area contributed by atoms with E-state index in [2.05, 4.69) is 37.0 Å². The monoisotopic (exact) mass is 219 g/mol. The van der Waals surface area contributed by atoms with Crippen LogP contribution in [0.25, 0.3) is 0 Å². The zero-order chi connectivity index (χ0) is 11.5. The van der Waals surface area contributed by atoms with Gasteiger partial charge in [-0.2, -0.15) is 0 Å². The molecule has 1 atom stereocenters. The molecule has 88 valence electrons. The van der Waals surface area contributed by atoms with E-state index in [9.17, 15) is 0 Å². The molecule has 0 aromatic rings. The van der Waals surface area contributed by atoms with Gasteiger partial charge in [-0.15, -0.1) is 0 Å². The molecule has 2 heteroatoms. The van der Waals surface area contributed by atoms with Crippen molar-refractivity contribution >= 4 is 0 Å². The summed E-state index contributed by atoms with van der Waals surface area (Å²) < 4.78 is 6.07. The van der Waals surface area contributed by atoms with E-state index in [1.807, 2.05) is 7.05 Å². The van der Waals surface area contributed by atoms with Crippen LogP contribution in [0.4, 0.5) is 0 Å². The van der Waals surface area contributed by atoms with E-state index < -0.39 is 0 Å². The van der Waals surface area contributed by atoms with Crippen LogP contribution >= 0.6 is 0 Å². The molecule has 1 N–H and O–H groups in total. The third-order valence-corrected chi connectivity index (χ3v) is 3.42. The van der Waals surface area contributed by atoms with Gasteiger partial charge >= 0.3 is 0 Å². The molecule has 0 aromatic heterocycles. The van der Waals surface area contributed by atoms with Crippen molar-refractivity contribution in [1.82, 2.24) is 5.32 Å². The van der Waals surface area contributed by atoms with Crippen LogP contribution in [0.5, 0.6) is 0 Å². The summed E-state index contributed by atoms with van der Waals surface area (Å²) in [5, 5.41) is 3.27. The molecular formula is C14H21NO. The highest BCUT2D eigenvalue weighted by atomic mass is 16.5. The summed E-state index contributed by atoms with van der Waals surface area (Å²) in [4.78, 5) is 0. The molecule has 0 spiro atoms. The Bertz CT molecular complexity index is 324. The zero-order valence-electron chi connectivity index (χ0n) is 10.2. The standard InChI is InChI=1S/C14H21NO/c1-10-5-4-6-11(2)14(7-10)16-13-8-12(9-13)15-3/h4-5,7,12-15H,2,6,8-9H2,1,3H3. The number of nitrogens with one attached hydrogen (secondary N) is 1. The minimum absolute atomic E-state index is 0.109. The molecule has 1 fully saturated rings. The van der Waals surface area contributed by atoms with Crippen LogP contribution in [0.1, 0.15) is 26.2 Å². The summed E-state index contributed by atoms with van der Waals surface area (Å²) in [5.41, 5.74) is 2.44. The summed E-state index contributed by atoms with van der Waals surface area (Å²) in [6, 6.07) is 0.646. The van der Waals surface area contributed by atoms with Crippen LogP contribution in [0.15, 0.2) is 36.0 Å². The average molecular weight is 219 g/mol. The fourth-order valence-corrected chi connectivity index (χ4v) is 2.18. The number of hydrogen-bond acceptors (Lipinski definition) is 2. The Morgan fingerprint density at radius 2 is 2.19 bits per heavy atom. The lowest BCUT2D eigenvalue weighted by atomic mass is 9.89. The van der Waals surface area contributed by atoms with Gasteiger partial charge in [0.25, 0.3) is 0 Å². The molecule has 0 aromatic carbocycles. The fraction of sp³-hybridized carbons (Fsp3) is 0.571. The van der Waals surface area contributed by atoms with Crippen molar-refractivity contribution in [2.24, 2.45) is 0 Å². The van der Waals surface area contributed by atoms with Crippen LogP contribution in [0.2, 0.25) is 0 Å². The van der Waals surface area contributed by atoms with Gasteiger partial charge in [-0.1, -0.05) is 24.3 Å². The molecule has 0 radical (unpaired) electrons. The van der Waals surface area contributed by atoms with Crippen LogP contribution in [-0.2, 0) is 4.74 Å². The Morgan fingerprint density at radius 1 is 1.44 bits per heavy atom. The highest BCUT2D eigenvalue weighted by Gasteiger charge is 2.30. The van der Waals surface area contributed by atoms with Gasteiger partial charge in [-0.25, -0.2) is 0 Å². The SMILES string of the molecule is C=C1CC=CC(C)=CC1OC1CC(NC)C1. The molecule has 2 rings (SSSR count). The van der Waals surface area contributed by atoms with Gasteiger partial charge in [0.2, 0.25) is 0 Å². The van der Waals surface area contributed by atoms with Crippen molar-refractivity contribution in [1.29, 1.82) is 0 Å². The molecule has 2 aliphatic rings. The molecule has 0 saturated heterocycles. The molecule has 0 aliphatic heterocycles. The maximum atomic E-state index is 6.07. The molecule has 0 heterocycles. The van der Waals surface area contributed by atoms with E-state index in [1.54, 1.807) is 0 Å². The molecule has 16 heavy (non-hydrogen) atoms. The fourth-order valence-electron chi connectivity index (χ4n) is 2.18. The van der Waals surface area contributed by atoms with Crippen LogP contribution in [0, 0.1) is 0 Å². The molecule has 1 saturated carbocycles. The first kappa shape index (κ1) is 11.6. The third kappa shape index (κ3) is 2.63. The first-order valence-electron chi connectivity index (χ1n) is 6.04. The van der Waals surface area contributed by atoms with Crippen molar-refractivity contribution in [3.05, 3.63) is 36.0 Å². The molecule has 1 unspecified atom stereocenters. The summed E-state index contributed by atoms with van der Waals surface area (Å²) in [5.74, 6) is 0. The number of rotatable bonds is 3. The van der Waals surface area contributed by atoms with Gasteiger partial charge in [0.15, 0.2) is 0 Å². The second-order valence-corrected chi connectivity index (χ2v) is 4.81. The molecule has 2 aliphatic carbocycles. The first-order valence-corrected chi connectivity index (χ1v) is 6.04. The molecule has 0 amide bonds. The lowest BCUT2D eigenvalue weighted by Gasteiger charge is -2.37. The highest BCUT2D eigenvalue weighted by Crippen LogP contribution is 2.28. The lowest BCUT2D eigenvalue weighted by molar-refractivity contribution is -0.0318. The average Bonchev–Trinajstić information content (AvgIpc) is 2.34. The summed E-state index contributed by atoms with van der Waals surface area (Å²) >= 11 is 0. The van der Waals surface area contributed by atoms with E-state index in [0.29, 0.717) is 12.1 Å². The lowest BCUT2D eigenvalue weighted by Crippen LogP contribution is -2.45. The summed E-state index contributed by atoms with van der Waals surface area (Å²) in [6.07, 6.45) is 10.2. The van der Waals surface area contributed by atoms with Crippen LogP contribution in [0.3, 0.4) is 0 Å². The maximum Gasteiger partial charge on any atom is 0.0976 e. The van der Waals surface area contributed by atoms with E-state index in [1.165, 1.54) is 11.1 Å². The Morgan fingerprint density at radius 3 is 2.88 bits per heavy atom. The second kappa shape index (κ2) is 4.98. The van der Waals surface area contributed by atoms with Crippen molar-refractivity contribution in [2.45, 2.75) is 44.4 Å². The largest absolute Gasteiger partial charge is 0.366 e. The topological polar surface area (TPSA) is 21.3 Å². The Kier molecular flexibility index (Phi) is 3.62. The van der Waals surface area contributed by atoms with Gasteiger partial charge in [-0.3, -0.25) is 0 Å². The van der Waals surface area contributed by atoms with Crippen molar-refractivity contribution in [3.63, 3.8) is 0 Å². The van der Waals surface area contributed by atoms with Crippen molar-refractivity contribution < 1.29 is 4.74 Å². The number of hydrogen-bond donors (Lipinski definition) is 1. The summed E-state index contributed by atoms with van der Waals surface area (Å²) in [7, 11) is 2.01. The van der Waals surface area contributed by atoms with Gasteiger partial charge in [0.05, 0.1) is 12.2 Å². The minimum atomic E-state index is 0.109. The predicted octanol–water partition coefficient (Wildman–Crippen LogP) is 2.58. The van der Waals surface area contributed by atoms with E-state index in [4.69, 9.17) is 4.74 Å². The Labute approximate surface area is 98.1 Å². The summed E-state index contributed by atoms with van der Waals surface area (Å²) in [6.45, 7) is 6.22. The Hall–Kier alpha value is -0.860. The second-order valence-electron chi connectivity index (χ2n) is 4.81. The molecule has 0 bridgehead atoms. The van der Waals surface area contributed by atoms with E-state index >= 15 is 0 Å². The van der Waals surface area contributed by atoms with Gasteiger partial charge in [0.1, 0.15) is 0 Å². The van der Waals surface area contributed by atoms with Crippen molar-refractivity contribution in [2.75, 3.05) is 7.05 Å². The highest BCUT2D eigenvalue weighted by molar-refractivity contribution is 5.29. The van der Waals surface area contributed by atoms with Crippen LogP contribution in [-0.4, -0.2) is 25.3 Å². The number of ether oxygens (including phenoxy) is 1. The smallest absolute Gasteiger partial charge is 0.0976 e. The van der Waals surface area contributed by atoms with E-state index in [0.717, 1.165) is 19.3 Å². The molecular weight excluding hydrogens is 198 g/mol. The minimum Gasteiger partial charge on any atom is -0.366 e. The van der Waals surface area contributed by atoms with Crippen LogP contribution < -0.4 is 5.32 Å². The Balaban J connectivity index is 1.89. The van der Waals surface area contributed by atoms with Gasteiger partial charge in [-0.05, 0) is 44.9 Å². The molecule has 2 nitrogen and oxygen atoms in total. The zero-order valence-corrected chi connectivity index (χ0v) is 10.2. The number of allylic oxidation sites excluding steroid dienone is 3. The van der Waals surface area contributed by atoms with Crippen molar-refractivity contribution in [3.8, 4) is 0 Å². The maximum absolute atomic E-state index is 6.07. The van der Waals surface area contributed by atoms with E-state index in [-0.39, 0.29) is 6.10 Å². The van der Waals surface area contributed by atoms with Gasteiger partial charge < -0.3 is 10.1 Å². The third-order valence-electron chi connectivity index (χ3n) is 3.42. The predicted molar refractivity (Wildman–Crippen MR) is 67.4 cm³/mol. The van der Waals surface area contributed by atoms with Gasteiger partial charge in [0, 0.05) is 6.04 Å².